The molecular weight excluding hydrogens is 596 g/mol. The molecule has 1 unspecified atom stereocenters. The van der Waals surface area contributed by atoms with Crippen LogP contribution >= 0.6 is 12.2 Å². The molecule has 1 saturated heterocycles. The van der Waals surface area contributed by atoms with Crippen LogP contribution in [0.1, 0.15) is 17.5 Å². The van der Waals surface area contributed by atoms with E-state index in [1.54, 1.807) is 29.2 Å². The van der Waals surface area contributed by atoms with Gasteiger partial charge in [0.1, 0.15) is 0 Å². The number of aliphatic hydroxyl groups is 1. The summed E-state index contributed by atoms with van der Waals surface area (Å²) in [6.45, 7) is 0.0105. The van der Waals surface area contributed by atoms with Crippen molar-refractivity contribution in [1.82, 2.24) is 9.29 Å². The highest BCUT2D eigenvalue weighted by atomic mass is 32.2. The van der Waals surface area contributed by atoms with Gasteiger partial charge < -0.3 is 14.7 Å². The van der Waals surface area contributed by atoms with Gasteiger partial charge in [0.25, 0.3) is 5.60 Å². The molecule has 0 bridgehead atoms. The Morgan fingerprint density at radius 3 is 2.32 bits per heavy atom. The Bertz CT molecular complexity index is 1440. The highest BCUT2D eigenvalue weighted by Gasteiger charge is 2.71. The highest BCUT2D eigenvalue weighted by Crippen LogP contribution is 2.50. The largest absolute Gasteiger partial charge is 0.481 e. The minimum atomic E-state index is -6.01. The Labute approximate surface area is 237 Å². The number of anilines is 1. The normalized spacial score (nSPS) is 19.3. The summed E-state index contributed by atoms with van der Waals surface area (Å²) in [5.41, 5.74) is -5.48. The summed E-state index contributed by atoms with van der Waals surface area (Å²) in [7, 11) is -2.56. The molecule has 222 valence electrons. The number of pyridine rings is 1. The van der Waals surface area contributed by atoms with Crippen molar-refractivity contribution in [3.05, 3.63) is 76.9 Å². The van der Waals surface area contributed by atoms with Gasteiger partial charge in [-0.25, -0.2) is 13.4 Å². The lowest BCUT2D eigenvalue weighted by atomic mass is 9.92. The number of hydrogen-bond donors (Lipinski definition) is 1. The van der Waals surface area contributed by atoms with Crippen LogP contribution in [-0.4, -0.2) is 72.8 Å². The molecule has 1 aromatic heterocycles. The molecule has 1 aromatic carbocycles. The summed E-state index contributed by atoms with van der Waals surface area (Å²) >= 11 is 5.26. The van der Waals surface area contributed by atoms with Crippen LogP contribution in [0, 0.1) is 0 Å². The van der Waals surface area contributed by atoms with Gasteiger partial charge in [-0.1, -0.05) is 36.5 Å². The Balaban J connectivity index is 1.69. The Morgan fingerprint density at radius 2 is 1.73 bits per heavy atom. The van der Waals surface area contributed by atoms with Crippen molar-refractivity contribution in [2.24, 2.45) is 0 Å². The molecule has 1 fully saturated rings. The SMILES string of the molecule is COc1cc(CC2CN(S(=O)(=O)C3=CC=CCC3=S)CCN2c2ccc(C(O)(C(F)(F)F)C(F)(F)F)cc2)ccn1. The van der Waals surface area contributed by atoms with Crippen molar-refractivity contribution in [2.45, 2.75) is 36.8 Å². The first-order chi connectivity index (χ1) is 19.1. The lowest BCUT2D eigenvalue weighted by Gasteiger charge is -2.43. The van der Waals surface area contributed by atoms with Gasteiger partial charge in [0, 0.05) is 60.5 Å². The van der Waals surface area contributed by atoms with Crippen molar-refractivity contribution in [2.75, 3.05) is 31.6 Å². The van der Waals surface area contributed by atoms with Crippen LogP contribution in [0.25, 0.3) is 0 Å². The van der Waals surface area contributed by atoms with Crippen LogP contribution in [0.4, 0.5) is 32.0 Å². The van der Waals surface area contributed by atoms with Gasteiger partial charge >= 0.3 is 12.4 Å². The van der Waals surface area contributed by atoms with Gasteiger partial charge in [-0.15, -0.1) is 0 Å². The molecule has 0 amide bonds. The number of rotatable bonds is 7. The van der Waals surface area contributed by atoms with E-state index >= 15 is 0 Å². The standard InChI is InChI=1S/C26H25F6N3O4S2/c1-39-23-15-17(10-11-33-23)14-20-16-34(41(37,38)22-5-3-2-4-21(22)40)12-13-35(20)19-8-6-18(7-9-19)24(36,25(27,28)29)26(30,31)32/h2-3,5-11,15,20,36H,4,12-14,16H2,1H3. The topological polar surface area (TPSA) is 83.0 Å². The van der Waals surface area contributed by atoms with Crippen molar-refractivity contribution in [1.29, 1.82) is 0 Å². The van der Waals surface area contributed by atoms with E-state index in [4.69, 9.17) is 17.0 Å². The predicted octanol–water partition coefficient (Wildman–Crippen LogP) is 4.68. The molecule has 1 aliphatic carbocycles. The van der Waals surface area contributed by atoms with Crippen molar-refractivity contribution >= 4 is 32.8 Å². The number of halogens is 6. The van der Waals surface area contributed by atoms with Crippen LogP contribution < -0.4 is 9.64 Å². The fraction of sp³-hybridized carbons (Fsp3) is 0.385. The van der Waals surface area contributed by atoms with E-state index in [0.717, 1.165) is 12.1 Å². The van der Waals surface area contributed by atoms with Crippen LogP contribution in [0.5, 0.6) is 5.88 Å². The van der Waals surface area contributed by atoms with Gasteiger partial charge in [-0.05, 0) is 36.3 Å². The van der Waals surface area contributed by atoms with E-state index in [1.165, 1.54) is 23.7 Å². The first kappa shape index (κ1) is 30.9. The third-order valence-corrected chi connectivity index (χ3v) is 9.41. The fourth-order valence-electron chi connectivity index (χ4n) is 4.80. The van der Waals surface area contributed by atoms with Gasteiger partial charge in [0.2, 0.25) is 15.9 Å². The summed E-state index contributed by atoms with van der Waals surface area (Å²) in [5.74, 6) is 0.307. The molecule has 1 N–H and O–H groups in total. The number of benzene rings is 1. The Hall–Kier alpha value is -3.01. The molecule has 0 saturated carbocycles. The van der Waals surface area contributed by atoms with Crippen molar-refractivity contribution in [3.8, 4) is 5.88 Å². The van der Waals surface area contributed by atoms with E-state index in [-0.39, 0.29) is 41.5 Å². The second-order valence-electron chi connectivity index (χ2n) is 9.46. The number of sulfonamides is 1. The maximum Gasteiger partial charge on any atom is 0.430 e. The molecule has 1 aliphatic heterocycles. The number of methoxy groups -OCH3 is 1. The average Bonchev–Trinajstić information content (AvgIpc) is 2.91. The number of allylic oxidation sites excluding steroid dienone is 4. The minimum absolute atomic E-state index is 0.00993. The molecule has 2 aliphatic rings. The number of alkyl halides is 6. The van der Waals surface area contributed by atoms with E-state index < -0.39 is 39.6 Å². The summed E-state index contributed by atoms with van der Waals surface area (Å²) in [6.07, 6.45) is -5.22. The first-order valence-electron chi connectivity index (χ1n) is 12.2. The Kier molecular flexibility index (Phi) is 8.56. The predicted molar refractivity (Wildman–Crippen MR) is 143 cm³/mol. The summed E-state index contributed by atoms with van der Waals surface area (Å²) in [6, 6.07) is 5.98. The Morgan fingerprint density at radius 1 is 1.07 bits per heavy atom. The van der Waals surface area contributed by atoms with Gasteiger partial charge in [0.15, 0.2) is 0 Å². The zero-order valence-electron chi connectivity index (χ0n) is 21.5. The third-order valence-electron chi connectivity index (χ3n) is 6.94. The number of aromatic nitrogens is 1. The second kappa shape index (κ2) is 11.3. The molecule has 1 atom stereocenters. The monoisotopic (exact) mass is 621 g/mol. The van der Waals surface area contributed by atoms with Gasteiger partial charge in [-0.2, -0.15) is 30.6 Å². The van der Waals surface area contributed by atoms with E-state index in [9.17, 15) is 39.9 Å². The number of hydrogen-bond acceptors (Lipinski definition) is 7. The number of thiocarbonyl (C=S) groups is 1. The van der Waals surface area contributed by atoms with Gasteiger partial charge in [0.05, 0.1) is 12.0 Å². The van der Waals surface area contributed by atoms with E-state index in [1.807, 2.05) is 0 Å². The van der Waals surface area contributed by atoms with Crippen molar-refractivity contribution < 1.29 is 44.6 Å². The molecular formula is C26H25F6N3O4S2. The molecule has 2 heterocycles. The maximum atomic E-state index is 13.5. The molecule has 0 spiro atoms. The van der Waals surface area contributed by atoms with Crippen LogP contribution in [0.15, 0.2) is 65.7 Å². The molecule has 41 heavy (non-hydrogen) atoms. The molecule has 0 radical (unpaired) electrons. The lowest BCUT2D eigenvalue weighted by molar-refractivity contribution is -0.376. The molecule has 15 heteroatoms. The van der Waals surface area contributed by atoms with Crippen LogP contribution in [0.3, 0.4) is 0 Å². The van der Waals surface area contributed by atoms with E-state index in [0.29, 0.717) is 30.0 Å². The molecule has 7 nitrogen and oxygen atoms in total. The fourth-order valence-corrected chi connectivity index (χ4v) is 6.87. The number of ether oxygens (including phenoxy) is 1. The number of nitrogens with zero attached hydrogens (tertiary/aromatic N) is 3. The highest BCUT2D eigenvalue weighted by molar-refractivity contribution is 7.96. The average molecular weight is 622 g/mol. The van der Waals surface area contributed by atoms with Crippen LogP contribution in [-0.2, 0) is 22.0 Å². The van der Waals surface area contributed by atoms with Gasteiger partial charge in [-0.3, -0.25) is 0 Å². The zero-order chi connectivity index (χ0) is 30.2. The van der Waals surface area contributed by atoms with Crippen LogP contribution in [0.2, 0.25) is 0 Å². The smallest absolute Gasteiger partial charge is 0.430 e. The molecule has 4 rings (SSSR count). The lowest BCUT2D eigenvalue weighted by Crippen LogP contribution is -2.56. The van der Waals surface area contributed by atoms with Crippen molar-refractivity contribution in [3.63, 3.8) is 0 Å². The quantitative estimate of drug-likeness (QED) is 0.355. The maximum absolute atomic E-state index is 13.5. The minimum Gasteiger partial charge on any atom is -0.481 e. The van der Waals surface area contributed by atoms with E-state index in [2.05, 4.69) is 4.98 Å². The molecule has 2 aromatic rings. The number of piperazine rings is 1. The summed E-state index contributed by atoms with van der Waals surface area (Å²) < 4.78 is 114. The third kappa shape index (κ3) is 5.98. The second-order valence-corrected chi connectivity index (χ2v) is 11.9. The summed E-state index contributed by atoms with van der Waals surface area (Å²) in [4.78, 5) is 6.03. The zero-order valence-corrected chi connectivity index (χ0v) is 23.1. The first-order valence-corrected chi connectivity index (χ1v) is 14.1. The summed E-state index contributed by atoms with van der Waals surface area (Å²) in [5, 5.41) is 9.75.